The number of amides is 1. The number of nitro groups is 1. The van der Waals surface area contributed by atoms with E-state index in [4.69, 9.17) is 4.74 Å². The smallest absolute Gasteiger partial charge is 0.269 e. The zero-order valence-corrected chi connectivity index (χ0v) is 19.5. The van der Waals surface area contributed by atoms with Crippen molar-refractivity contribution in [3.63, 3.8) is 0 Å². The molecule has 9 heteroatoms. The van der Waals surface area contributed by atoms with Gasteiger partial charge in [-0.15, -0.1) is 0 Å². The third-order valence-corrected chi connectivity index (χ3v) is 6.34. The number of carbonyl (C=O) groups excluding carboxylic acids is 1. The van der Waals surface area contributed by atoms with Crippen molar-refractivity contribution in [2.24, 2.45) is 4.99 Å². The maximum atomic E-state index is 13.2. The number of ether oxygens (including phenoxy) is 1. The van der Waals surface area contributed by atoms with Crippen LogP contribution in [0.1, 0.15) is 11.1 Å². The normalized spacial score (nSPS) is 15.4. The molecular weight excluding hydrogens is 481 g/mol. The Labute approximate surface area is 209 Å². The van der Waals surface area contributed by atoms with Gasteiger partial charge in [0.2, 0.25) is 0 Å². The van der Waals surface area contributed by atoms with Crippen LogP contribution in [0, 0.1) is 15.9 Å². The molecule has 4 aromatic carbocycles. The summed E-state index contributed by atoms with van der Waals surface area (Å²) in [6.07, 6.45) is 1.75. The zero-order valence-electron chi connectivity index (χ0n) is 18.7. The van der Waals surface area contributed by atoms with E-state index in [1.54, 1.807) is 18.2 Å². The molecule has 1 aliphatic rings. The largest absolute Gasteiger partial charge is 0.488 e. The molecule has 1 amide bonds. The van der Waals surface area contributed by atoms with Crippen molar-refractivity contribution in [3.05, 3.63) is 117 Å². The van der Waals surface area contributed by atoms with Gasteiger partial charge in [0.05, 0.1) is 15.5 Å². The molecule has 36 heavy (non-hydrogen) atoms. The molecule has 1 fully saturated rings. The molecule has 1 N–H and O–H groups in total. The fourth-order valence-corrected chi connectivity index (χ4v) is 4.54. The molecule has 4 aromatic rings. The first-order valence-electron chi connectivity index (χ1n) is 10.9. The lowest BCUT2D eigenvalue weighted by Crippen LogP contribution is -2.19. The van der Waals surface area contributed by atoms with Crippen LogP contribution in [0.4, 0.5) is 15.8 Å². The Morgan fingerprint density at radius 3 is 2.64 bits per heavy atom. The highest BCUT2D eigenvalue weighted by Crippen LogP contribution is 2.35. The number of halogens is 1. The van der Waals surface area contributed by atoms with Gasteiger partial charge >= 0.3 is 0 Å². The number of carbonyl (C=O) groups is 1. The van der Waals surface area contributed by atoms with E-state index in [1.165, 1.54) is 48.2 Å². The maximum Gasteiger partial charge on any atom is 0.269 e. The predicted octanol–water partition coefficient (Wildman–Crippen LogP) is 6.36. The van der Waals surface area contributed by atoms with Gasteiger partial charge in [0.1, 0.15) is 18.2 Å². The molecule has 0 atom stereocenters. The number of hydrogen-bond acceptors (Lipinski definition) is 6. The molecule has 0 unspecified atom stereocenters. The van der Waals surface area contributed by atoms with Crippen LogP contribution in [0.2, 0.25) is 0 Å². The average molecular weight is 500 g/mol. The Bertz CT molecular complexity index is 1550. The standard InChI is InChI=1S/C27H18FN3O4S/c28-19-9-11-20(12-10-19)29-27-30-26(32)25(36-27)15-23-22-7-2-1-5-18(22)8-13-24(23)35-16-17-4-3-6-21(14-17)31(33)34/h1-15H,16H2,(H,29,30,32)/b25-15+. The van der Waals surface area contributed by atoms with Crippen LogP contribution in [0.15, 0.2) is 94.8 Å². The van der Waals surface area contributed by atoms with Gasteiger partial charge in [-0.05, 0) is 64.5 Å². The summed E-state index contributed by atoms with van der Waals surface area (Å²) in [4.78, 5) is 28.2. The van der Waals surface area contributed by atoms with Crippen molar-refractivity contribution >= 4 is 51.1 Å². The highest BCUT2D eigenvalue weighted by molar-refractivity contribution is 8.18. The van der Waals surface area contributed by atoms with Gasteiger partial charge in [-0.3, -0.25) is 14.9 Å². The number of hydrogen-bond donors (Lipinski definition) is 1. The quantitative estimate of drug-likeness (QED) is 0.189. The number of nitro benzene ring substituents is 1. The zero-order chi connectivity index (χ0) is 25.1. The van der Waals surface area contributed by atoms with E-state index in [9.17, 15) is 19.3 Å². The van der Waals surface area contributed by atoms with Crippen molar-refractivity contribution in [3.8, 4) is 5.75 Å². The molecule has 0 aliphatic carbocycles. The summed E-state index contributed by atoms with van der Waals surface area (Å²) in [5.41, 5.74) is 1.87. The van der Waals surface area contributed by atoms with Crippen LogP contribution in [-0.4, -0.2) is 16.0 Å². The van der Waals surface area contributed by atoms with E-state index in [0.717, 1.165) is 10.8 Å². The third kappa shape index (κ3) is 5.11. The summed E-state index contributed by atoms with van der Waals surface area (Å²) in [5, 5.41) is 16.1. The molecule has 178 valence electrons. The number of rotatable bonds is 6. The van der Waals surface area contributed by atoms with Gasteiger partial charge < -0.3 is 10.1 Å². The monoisotopic (exact) mass is 499 g/mol. The Kier molecular flexibility index (Phi) is 6.46. The number of benzene rings is 4. The molecule has 1 aliphatic heterocycles. The van der Waals surface area contributed by atoms with E-state index in [1.807, 2.05) is 36.4 Å². The third-order valence-electron chi connectivity index (χ3n) is 5.43. The summed E-state index contributed by atoms with van der Waals surface area (Å²) in [6.45, 7) is 0.118. The summed E-state index contributed by atoms with van der Waals surface area (Å²) >= 11 is 1.18. The molecule has 1 saturated heterocycles. The number of thioether (sulfide) groups is 1. The fourth-order valence-electron chi connectivity index (χ4n) is 3.72. The van der Waals surface area contributed by atoms with Crippen LogP contribution >= 0.6 is 11.8 Å². The van der Waals surface area contributed by atoms with Gasteiger partial charge in [-0.2, -0.15) is 0 Å². The average Bonchev–Trinajstić information content (AvgIpc) is 3.23. The van der Waals surface area contributed by atoms with Crippen LogP contribution in [0.25, 0.3) is 16.8 Å². The first kappa shape index (κ1) is 23.3. The number of fused-ring (bicyclic) bond motifs is 1. The Balaban J connectivity index is 1.47. The molecule has 1 heterocycles. The predicted molar refractivity (Wildman–Crippen MR) is 139 cm³/mol. The van der Waals surface area contributed by atoms with Crippen LogP contribution in [-0.2, 0) is 11.4 Å². The summed E-state index contributed by atoms with van der Waals surface area (Å²) in [6, 6.07) is 23.4. The highest BCUT2D eigenvalue weighted by atomic mass is 32.2. The molecule has 0 saturated carbocycles. The van der Waals surface area contributed by atoms with Crippen molar-refractivity contribution in [2.45, 2.75) is 6.61 Å². The van der Waals surface area contributed by atoms with Crippen LogP contribution < -0.4 is 10.1 Å². The second-order valence-electron chi connectivity index (χ2n) is 7.87. The summed E-state index contributed by atoms with van der Waals surface area (Å²) < 4.78 is 19.3. The van der Waals surface area contributed by atoms with Gasteiger partial charge in [0, 0.05) is 17.7 Å². The van der Waals surface area contributed by atoms with E-state index >= 15 is 0 Å². The van der Waals surface area contributed by atoms with Gasteiger partial charge in [-0.1, -0.05) is 42.5 Å². The van der Waals surface area contributed by atoms with Crippen molar-refractivity contribution < 1.29 is 18.8 Å². The first-order valence-corrected chi connectivity index (χ1v) is 11.7. The molecule has 5 rings (SSSR count). The molecule has 0 aromatic heterocycles. The second kappa shape index (κ2) is 10.0. The first-order chi connectivity index (χ1) is 17.5. The number of nitrogens with zero attached hydrogens (tertiary/aromatic N) is 2. The second-order valence-corrected chi connectivity index (χ2v) is 8.90. The summed E-state index contributed by atoms with van der Waals surface area (Å²) in [7, 11) is 0. The number of non-ortho nitro benzene ring substituents is 1. The number of amidine groups is 1. The molecule has 0 radical (unpaired) electrons. The van der Waals surface area contributed by atoms with Crippen molar-refractivity contribution in [1.29, 1.82) is 0 Å². The Morgan fingerprint density at radius 1 is 1.03 bits per heavy atom. The molecule has 0 bridgehead atoms. The number of aliphatic imine (C=N–C) groups is 1. The molecule has 0 spiro atoms. The lowest BCUT2D eigenvalue weighted by atomic mass is 10.0. The molecule has 7 nitrogen and oxygen atoms in total. The molecular formula is C27H18FN3O4S. The maximum absolute atomic E-state index is 13.2. The minimum Gasteiger partial charge on any atom is -0.488 e. The van der Waals surface area contributed by atoms with E-state index in [-0.39, 0.29) is 24.0 Å². The summed E-state index contributed by atoms with van der Waals surface area (Å²) in [5.74, 6) is -0.139. The van der Waals surface area contributed by atoms with E-state index in [2.05, 4.69) is 10.3 Å². The van der Waals surface area contributed by atoms with Crippen molar-refractivity contribution in [2.75, 3.05) is 0 Å². The fraction of sp³-hybridized carbons (Fsp3) is 0.0370. The highest BCUT2D eigenvalue weighted by Gasteiger charge is 2.25. The van der Waals surface area contributed by atoms with Gasteiger partial charge in [0.15, 0.2) is 5.17 Å². The Morgan fingerprint density at radius 2 is 1.83 bits per heavy atom. The Hall–Kier alpha value is -4.50. The number of nitrogens with one attached hydrogen (secondary N) is 1. The minimum atomic E-state index is -0.448. The topological polar surface area (TPSA) is 93.8 Å². The SMILES string of the molecule is O=C1NC(=Nc2ccc(F)cc2)S/C1=C/c1c(OCc2cccc([N+](=O)[O-])c2)ccc2ccccc12. The van der Waals surface area contributed by atoms with E-state index < -0.39 is 4.92 Å². The minimum absolute atomic E-state index is 0.0102. The van der Waals surface area contributed by atoms with Crippen LogP contribution in [0.5, 0.6) is 5.75 Å². The lowest BCUT2D eigenvalue weighted by Gasteiger charge is -2.12. The van der Waals surface area contributed by atoms with E-state index in [0.29, 0.717) is 32.6 Å². The van der Waals surface area contributed by atoms with Crippen LogP contribution in [0.3, 0.4) is 0 Å². The van der Waals surface area contributed by atoms with Gasteiger partial charge in [0.25, 0.3) is 11.6 Å². The van der Waals surface area contributed by atoms with Gasteiger partial charge in [-0.25, -0.2) is 9.38 Å². The lowest BCUT2D eigenvalue weighted by molar-refractivity contribution is -0.384. The van der Waals surface area contributed by atoms with Crippen molar-refractivity contribution in [1.82, 2.24) is 5.32 Å².